The molecule has 3 rings (SSSR count). The number of allylic oxidation sites excluding steroid dienone is 1. The van der Waals surface area contributed by atoms with Crippen LogP contribution in [0, 0.1) is 0 Å². The second kappa shape index (κ2) is 6.63. The van der Waals surface area contributed by atoms with E-state index in [0.29, 0.717) is 31.4 Å². The van der Waals surface area contributed by atoms with Crippen LogP contribution < -0.4 is 0 Å². The molecule has 0 aromatic heterocycles. The Morgan fingerprint density at radius 2 is 1.62 bits per heavy atom. The lowest BCUT2D eigenvalue weighted by atomic mass is 10.0. The second-order valence-electron chi connectivity index (χ2n) is 4.96. The van der Waals surface area contributed by atoms with E-state index in [4.69, 9.17) is 16.3 Å². The lowest BCUT2D eigenvalue weighted by Crippen LogP contribution is -1.93. The molecule has 0 saturated heterocycles. The Kier molecular flexibility index (Phi) is 4.71. The summed E-state index contributed by atoms with van der Waals surface area (Å²) >= 11 is 12.6. The number of ether oxygens (including phenoxy) is 1. The topological polar surface area (TPSA) is 66.8 Å². The van der Waals surface area contributed by atoms with E-state index in [-0.39, 0.29) is 16.5 Å². The summed E-state index contributed by atoms with van der Waals surface area (Å²) in [7, 11) is 0. The maximum absolute atomic E-state index is 11.9. The quantitative estimate of drug-likeness (QED) is 0.592. The van der Waals surface area contributed by atoms with Gasteiger partial charge in [0.25, 0.3) is 0 Å². The molecule has 2 aromatic rings. The lowest BCUT2D eigenvalue weighted by molar-refractivity contribution is -0.132. The minimum absolute atomic E-state index is 0.0308. The fourth-order valence-corrected chi connectivity index (χ4v) is 3.22. The van der Waals surface area contributed by atoms with Gasteiger partial charge in [-0.3, -0.25) is 0 Å². The number of halogens is 3. The van der Waals surface area contributed by atoms with Crippen molar-refractivity contribution in [2.24, 2.45) is 0 Å². The molecule has 0 unspecified atom stereocenters. The molecule has 2 N–H and O–H groups in total. The molecule has 0 spiro atoms. The summed E-state index contributed by atoms with van der Waals surface area (Å²) in [5.41, 5.74) is 1.77. The molecular formula is C17H9Br2ClO4. The van der Waals surface area contributed by atoms with Crippen molar-refractivity contribution in [1.29, 1.82) is 0 Å². The summed E-state index contributed by atoms with van der Waals surface area (Å²) < 4.78 is 6.24. The van der Waals surface area contributed by atoms with E-state index < -0.39 is 5.97 Å². The fraction of sp³-hybridized carbons (Fsp3) is 0. The zero-order valence-electron chi connectivity index (χ0n) is 11.9. The summed E-state index contributed by atoms with van der Waals surface area (Å²) in [5.74, 6) is -0.161. The fourth-order valence-electron chi connectivity index (χ4n) is 2.20. The van der Waals surface area contributed by atoms with Crippen LogP contribution in [-0.4, -0.2) is 16.2 Å². The molecule has 1 aliphatic heterocycles. The van der Waals surface area contributed by atoms with Gasteiger partial charge in [0.2, 0.25) is 0 Å². The molecule has 0 aliphatic carbocycles. The highest BCUT2D eigenvalue weighted by molar-refractivity contribution is 9.10. The van der Waals surface area contributed by atoms with E-state index in [1.165, 1.54) is 12.1 Å². The highest BCUT2D eigenvalue weighted by Crippen LogP contribution is 2.40. The van der Waals surface area contributed by atoms with Gasteiger partial charge in [0.05, 0.1) is 14.5 Å². The molecule has 4 nitrogen and oxygen atoms in total. The Balaban J connectivity index is 2.10. The number of esters is 1. The molecule has 0 atom stereocenters. The molecule has 24 heavy (non-hydrogen) atoms. The third kappa shape index (κ3) is 3.22. The van der Waals surface area contributed by atoms with E-state index in [0.717, 1.165) is 0 Å². The summed E-state index contributed by atoms with van der Waals surface area (Å²) in [6.45, 7) is 0. The smallest absolute Gasteiger partial charge is 0.355 e. The molecule has 122 valence electrons. The van der Waals surface area contributed by atoms with E-state index >= 15 is 0 Å². The van der Waals surface area contributed by atoms with Crippen molar-refractivity contribution in [2.45, 2.75) is 0 Å². The maximum Gasteiger partial charge on any atom is 0.355 e. The van der Waals surface area contributed by atoms with Gasteiger partial charge in [-0.1, -0.05) is 23.7 Å². The van der Waals surface area contributed by atoms with Gasteiger partial charge in [-0.2, -0.15) is 0 Å². The average molecular weight is 473 g/mol. The van der Waals surface area contributed by atoms with Crippen LogP contribution in [0.4, 0.5) is 0 Å². The van der Waals surface area contributed by atoms with Crippen LogP contribution in [0.1, 0.15) is 11.1 Å². The van der Waals surface area contributed by atoms with Gasteiger partial charge in [-0.25, -0.2) is 4.79 Å². The molecule has 0 amide bonds. The number of hydrogen-bond acceptors (Lipinski definition) is 4. The third-order valence-electron chi connectivity index (χ3n) is 3.35. The molecule has 0 saturated carbocycles. The van der Waals surface area contributed by atoms with Crippen LogP contribution in [0.25, 0.3) is 11.6 Å². The lowest BCUT2D eigenvalue weighted by Gasteiger charge is -2.07. The minimum Gasteiger partial charge on any atom is -0.507 e. The van der Waals surface area contributed by atoms with Gasteiger partial charge in [-0.05, 0) is 73.3 Å². The standard InChI is InChI=1S/C17H9Br2ClO4/c18-10-5-8(1-3-12(10)21)6-14-15(16(20)17(23)24-14)9-2-4-13(22)11(19)7-9/h1-7,21-22H. The molecule has 0 radical (unpaired) electrons. The summed E-state index contributed by atoms with van der Waals surface area (Å²) in [6, 6.07) is 9.67. The van der Waals surface area contributed by atoms with Crippen molar-refractivity contribution in [3.05, 3.63) is 67.3 Å². The first-order chi connectivity index (χ1) is 11.4. The van der Waals surface area contributed by atoms with Crippen molar-refractivity contribution < 1.29 is 19.7 Å². The van der Waals surface area contributed by atoms with Crippen molar-refractivity contribution in [2.75, 3.05) is 0 Å². The zero-order valence-corrected chi connectivity index (χ0v) is 15.8. The number of hydrogen-bond donors (Lipinski definition) is 2. The van der Waals surface area contributed by atoms with Crippen LogP contribution in [0.3, 0.4) is 0 Å². The molecule has 1 heterocycles. The average Bonchev–Trinajstić information content (AvgIpc) is 2.81. The second-order valence-corrected chi connectivity index (χ2v) is 7.05. The minimum atomic E-state index is -0.639. The Bertz CT molecular complexity index is 919. The first kappa shape index (κ1) is 17.1. The van der Waals surface area contributed by atoms with Gasteiger partial charge in [0.1, 0.15) is 22.3 Å². The summed E-state index contributed by atoms with van der Waals surface area (Å²) in [4.78, 5) is 11.9. The Morgan fingerprint density at radius 1 is 1.00 bits per heavy atom. The number of aromatic hydroxyl groups is 2. The SMILES string of the molecule is O=C1OC(=Cc2ccc(O)c(Br)c2)C(c2ccc(O)c(Br)c2)=C1Cl. The largest absolute Gasteiger partial charge is 0.507 e. The Hall–Kier alpha value is -1.76. The van der Waals surface area contributed by atoms with Crippen molar-refractivity contribution in [3.8, 4) is 11.5 Å². The Labute approximate surface area is 159 Å². The number of benzene rings is 2. The monoisotopic (exact) mass is 470 g/mol. The number of rotatable bonds is 2. The first-order valence-corrected chi connectivity index (χ1v) is 8.64. The van der Waals surface area contributed by atoms with Gasteiger partial charge in [0, 0.05) is 0 Å². The summed E-state index contributed by atoms with van der Waals surface area (Å²) in [5, 5.41) is 19.2. The number of phenolic OH excluding ortho intramolecular Hbond substituents is 2. The maximum atomic E-state index is 11.9. The van der Waals surface area contributed by atoms with E-state index in [2.05, 4.69) is 31.9 Å². The van der Waals surface area contributed by atoms with Crippen LogP contribution in [0.5, 0.6) is 11.5 Å². The van der Waals surface area contributed by atoms with Gasteiger partial charge in [-0.15, -0.1) is 0 Å². The predicted octanol–water partition coefficient (Wildman–Crippen LogP) is 5.17. The number of cyclic esters (lactones) is 1. The third-order valence-corrected chi connectivity index (χ3v) is 4.97. The molecule has 0 fully saturated rings. The number of carbonyl (C=O) groups excluding carboxylic acids is 1. The molecule has 2 aromatic carbocycles. The molecule has 0 bridgehead atoms. The normalized spacial score (nSPS) is 16.0. The van der Waals surface area contributed by atoms with E-state index in [1.807, 2.05) is 0 Å². The highest BCUT2D eigenvalue weighted by atomic mass is 79.9. The van der Waals surface area contributed by atoms with Crippen molar-refractivity contribution in [1.82, 2.24) is 0 Å². The zero-order chi connectivity index (χ0) is 17.4. The molecule has 1 aliphatic rings. The Morgan fingerprint density at radius 3 is 2.25 bits per heavy atom. The van der Waals surface area contributed by atoms with Crippen molar-refractivity contribution >= 4 is 61.1 Å². The van der Waals surface area contributed by atoms with Crippen LogP contribution in [0.2, 0.25) is 0 Å². The van der Waals surface area contributed by atoms with E-state index in [1.54, 1.807) is 30.3 Å². The number of phenols is 2. The number of carbonyl (C=O) groups is 1. The molecular weight excluding hydrogens is 463 g/mol. The molecule has 7 heteroatoms. The van der Waals surface area contributed by atoms with Gasteiger partial charge in [0.15, 0.2) is 0 Å². The first-order valence-electron chi connectivity index (χ1n) is 6.68. The van der Waals surface area contributed by atoms with Crippen LogP contribution in [-0.2, 0) is 9.53 Å². The highest BCUT2D eigenvalue weighted by Gasteiger charge is 2.30. The van der Waals surface area contributed by atoms with Crippen molar-refractivity contribution in [3.63, 3.8) is 0 Å². The van der Waals surface area contributed by atoms with Gasteiger partial charge < -0.3 is 14.9 Å². The van der Waals surface area contributed by atoms with Crippen LogP contribution >= 0.6 is 43.5 Å². The predicted molar refractivity (Wildman–Crippen MR) is 98.5 cm³/mol. The summed E-state index contributed by atoms with van der Waals surface area (Å²) in [6.07, 6.45) is 1.65. The van der Waals surface area contributed by atoms with Gasteiger partial charge >= 0.3 is 5.97 Å². The van der Waals surface area contributed by atoms with Crippen LogP contribution in [0.15, 0.2) is 56.1 Å². The van der Waals surface area contributed by atoms with E-state index in [9.17, 15) is 15.0 Å².